The van der Waals surface area contributed by atoms with Crippen molar-refractivity contribution in [2.75, 3.05) is 24.6 Å². The van der Waals surface area contributed by atoms with Crippen molar-refractivity contribution >= 4 is 7.26 Å². The Morgan fingerprint density at radius 3 is 2.20 bits per heavy atom. The van der Waals surface area contributed by atoms with Crippen LogP contribution in [0.5, 0.6) is 0 Å². The third-order valence-corrected chi connectivity index (χ3v) is 10.1. The Hall–Kier alpha value is -0.690. The third-order valence-electron chi connectivity index (χ3n) is 4.15. The summed E-state index contributed by atoms with van der Waals surface area (Å²) in [4.78, 5) is 0. The second-order valence-corrected chi connectivity index (χ2v) is 11.0. The molecule has 3 nitrogen and oxygen atoms in total. The van der Waals surface area contributed by atoms with E-state index in [4.69, 9.17) is 0 Å². The van der Waals surface area contributed by atoms with E-state index in [0.29, 0.717) is 0 Å². The number of aromatic nitrogens is 3. The zero-order chi connectivity index (χ0) is 14.8. The van der Waals surface area contributed by atoms with Gasteiger partial charge in [0, 0.05) is 0 Å². The standard InChI is InChI=1S/C16H32N3P/c1-5-10-19-15-16(17-18-19)9-14-20(11-6-2,12-7-3)13-8-4/h5,15,20H,1,6-14H2,2-4H3. The topological polar surface area (TPSA) is 30.7 Å². The van der Waals surface area contributed by atoms with Crippen LogP contribution in [0.25, 0.3) is 0 Å². The summed E-state index contributed by atoms with van der Waals surface area (Å²) in [6.07, 6.45) is 14.9. The van der Waals surface area contributed by atoms with Crippen molar-refractivity contribution in [3.8, 4) is 0 Å². The Balaban J connectivity index is 2.65. The van der Waals surface area contributed by atoms with Crippen LogP contribution in [0.4, 0.5) is 0 Å². The molecule has 0 aliphatic carbocycles. The first-order chi connectivity index (χ1) is 9.69. The van der Waals surface area contributed by atoms with Gasteiger partial charge in [0.05, 0.1) is 0 Å². The average Bonchev–Trinajstić information content (AvgIpc) is 2.86. The molecule has 0 radical (unpaired) electrons. The van der Waals surface area contributed by atoms with Crippen LogP contribution in [-0.2, 0) is 13.0 Å². The summed E-state index contributed by atoms with van der Waals surface area (Å²) in [6.45, 7) is 11.5. The summed E-state index contributed by atoms with van der Waals surface area (Å²) in [5, 5.41) is 8.46. The fourth-order valence-corrected chi connectivity index (χ4v) is 8.88. The van der Waals surface area contributed by atoms with Gasteiger partial charge < -0.3 is 0 Å². The first-order valence-corrected chi connectivity index (χ1v) is 11.0. The van der Waals surface area contributed by atoms with E-state index in [0.717, 1.165) is 18.7 Å². The zero-order valence-electron chi connectivity index (χ0n) is 13.6. The zero-order valence-corrected chi connectivity index (χ0v) is 14.6. The normalized spacial score (nSPS) is 12.6. The van der Waals surface area contributed by atoms with Crippen LogP contribution in [-0.4, -0.2) is 39.6 Å². The molecule has 1 aromatic rings. The predicted octanol–water partition coefficient (Wildman–Crippen LogP) is 3.99. The van der Waals surface area contributed by atoms with Crippen molar-refractivity contribution in [3.05, 3.63) is 24.5 Å². The van der Waals surface area contributed by atoms with E-state index in [2.05, 4.69) is 43.9 Å². The summed E-state index contributed by atoms with van der Waals surface area (Å²) in [5.41, 5.74) is 1.16. The van der Waals surface area contributed by atoms with Crippen LogP contribution in [0.2, 0.25) is 0 Å². The number of hydrogen-bond donors (Lipinski definition) is 0. The molecule has 0 fully saturated rings. The second kappa shape index (κ2) is 9.28. The first kappa shape index (κ1) is 17.4. The van der Waals surface area contributed by atoms with Gasteiger partial charge in [-0.3, -0.25) is 0 Å². The van der Waals surface area contributed by atoms with Gasteiger partial charge in [0.2, 0.25) is 0 Å². The van der Waals surface area contributed by atoms with Gasteiger partial charge >= 0.3 is 124 Å². The van der Waals surface area contributed by atoms with Crippen molar-refractivity contribution in [3.63, 3.8) is 0 Å². The van der Waals surface area contributed by atoms with E-state index in [1.165, 1.54) is 43.9 Å². The molecular weight excluding hydrogens is 265 g/mol. The van der Waals surface area contributed by atoms with E-state index < -0.39 is 7.26 Å². The number of nitrogens with zero attached hydrogens (tertiary/aromatic N) is 3. The summed E-state index contributed by atoms with van der Waals surface area (Å²) < 4.78 is 1.88. The maximum absolute atomic E-state index is 4.31. The number of allylic oxidation sites excluding steroid dienone is 1. The summed E-state index contributed by atoms with van der Waals surface area (Å²) in [5.74, 6) is 0. The van der Waals surface area contributed by atoms with Gasteiger partial charge in [0.1, 0.15) is 0 Å². The summed E-state index contributed by atoms with van der Waals surface area (Å²) in [7, 11) is -1.08. The van der Waals surface area contributed by atoms with E-state index in [9.17, 15) is 0 Å². The molecule has 0 unspecified atom stereocenters. The van der Waals surface area contributed by atoms with Crippen LogP contribution in [0.3, 0.4) is 0 Å². The molecule has 0 aliphatic rings. The second-order valence-electron chi connectivity index (χ2n) is 5.97. The SMILES string of the molecule is C=CCn1cc(CC[PH](CCC)(CCC)CCC)nn1. The van der Waals surface area contributed by atoms with Crippen LogP contribution in [0.1, 0.15) is 45.7 Å². The Bertz CT molecular complexity index is 370. The minimum atomic E-state index is -1.08. The molecule has 0 aromatic carbocycles. The maximum atomic E-state index is 4.31. The predicted molar refractivity (Wildman–Crippen MR) is 92.6 cm³/mol. The Morgan fingerprint density at radius 2 is 1.70 bits per heavy atom. The monoisotopic (exact) mass is 297 g/mol. The number of hydrogen-bond acceptors (Lipinski definition) is 2. The quantitative estimate of drug-likeness (QED) is 0.457. The van der Waals surface area contributed by atoms with Crippen LogP contribution in [0.15, 0.2) is 18.9 Å². The van der Waals surface area contributed by atoms with Gasteiger partial charge in [-0.2, -0.15) is 0 Å². The van der Waals surface area contributed by atoms with Crippen LogP contribution in [0, 0.1) is 0 Å². The fourth-order valence-electron chi connectivity index (χ4n) is 3.41. The molecule has 0 N–H and O–H groups in total. The fraction of sp³-hybridized carbons (Fsp3) is 0.750. The molecule has 0 amide bonds. The molecule has 0 atom stereocenters. The van der Waals surface area contributed by atoms with Crippen molar-refractivity contribution in [2.45, 2.75) is 53.0 Å². The average molecular weight is 297 g/mol. The minimum absolute atomic E-state index is 0.758. The first-order valence-electron chi connectivity index (χ1n) is 8.19. The van der Waals surface area contributed by atoms with Gasteiger partial charge in [0.25, 0.3) is 0 Å². The molecule has 1 rings (SSSR count). The van der Waals surface area contributed by atoms with Crippen LogP contribution < -0.4 is 0 Å². The molecule has 1 heterocycles. The Kier molecular flexibility index (Phi) is 8.06. The molecule has 0 aliphatic heterocycles. The molecule has 4 heteroatoms. The Labute approximate surface area is 125 Å². The van der Waals surface area contributed by atoms with Gasteiger partial charge in [-0.05, 0) is 0 Å². The molecule has 116 valence electrons. The van der Waals surface area contributed by atoms with Crippen molar-refractivity contribution in [1.82, 2.24) is 15.0 Å². The Morgan fingerprint density at radius 1 is 1.10 bits per heavy atom. The molecular formula is C16H32N3P. The van der Waals surface area contributed by atoms with Gasteiger partial charge in [-0.1, -0.05) is 0 Å². The molecule has 0 spiro atoms. The van der Waals surface area contributed by atoms with Gasteiger partial charge in [-0.15, -0.1) is 0 Å². The number of rotatable bonds is 11. The van der Waals surface area contributed by atoms with Gasteiger partial charge in [0.15, 0.2) is 0 Å². The van der Waals surface area contributed by atoms with E-state index >= 15 is 0 Å². The van der Waals surface area contributed by atoms with Crippen molar-refractivity contribution < 1.29 is 0 Å². The van der Waals surface area contributed by atoms with E-state index in [1.54, 1.807) is 0 Å². The molecule has 20 heavy (non-hydrogen) atoms. The number of aryl methyl sites for hydroxylation is 1. The van der Waals surface area contributed by atoms with Crippen molar-refractivity contribution in [2.24, 2.45) is 0 Å². The van der Waals surface area contributed by atoms with Crippen LogP contribution >= 0.6 is 7.26 Å². The molecule has 0 saturated heterocycles. The van der Waals surface area contributed by atoms with E-state index in [-0.39, 0.29) is 0 Å². The summed E-state index contributed by atoms with van der Waals surface area (Å²) >= 11 is 0. The van der Waals surface area contributed by atoms with Crippen molar-refractivity contribution in [1.29, 1.82) is 0 Å². The molecule has 0 bridgehead atoms. The van der Waals surface area contributed by atoms with Gasteiger partial charge in [-0.25, -0.2) is 0 Å². The third kappa shape index (κ3) is 5.36. The molecule has 1 aromatic heterocycles. The van der Waals surface area contributed by atoms with E-state index in [1.807, 2.05) is 10.8 Å². The molecule has 0 saturated carbocycles. The summed E-state index contributed by atoms with van der Waals surface area (Å²) in [6, 6.07) is 0.